The highest BCUT2D eigenvalue weighted by Gasteiger charge is 2.25. The lowest BCUT2D eigenvalue weighted by atomic mass is 9.91. The number of fused-ring (bicyclic) bond motifs is 3. The molecule has 0 aliphatic heterocycles. The van der Waals surface area contributed by atoms with Gasteiger partial charge in [0.2, 0.25) is 6.41 Å². The molecule has 2 heterocycles. The molecule has 3 aromatic rings. The summed E-state index contributed by atoms with van der Waals surface area (Å²) >= 11 is 0. The van der Waals surface area contributed by atoms with Crippen molar-refractivity contribution in [2.24, 2.45) is 0 Å². The molecule has 1 atom stereocenters. The fraction of sp³-hybridized carbons (Fsp3) is 0.235. The lowest BCUT2D eigenvalue weighted by molar-refractivity contribution is -0.105. The molecule has 0 radical (unpaired) electrons. The van der Waals surface area contributed by atoms with Gasteiger partial charge >= 0.3 is 0 Å². The molecule has 0 fully saturated rings. The van der Waals surface area contributed by atoms with Crippen molar-refractivity contribution in [1.29, 1.82) is 0 Å². The Morgan fingerprint density at radius 3 is 2.95 bits per heavy atom. The molecule has 21 heavy (non-hydrogen) atoms. The number of anilines is 1. The normalized spacial score (nSPS) is 17.6. The van der Waals surface area contributed by atoms with Gasteiger partial charge in [-0.1, -0.05) is 0 Å². The Kier molecular flexibility index (Phi) is 2.81. The van der Waals surface area contributed by atoms with Gasteiger partial charge in [0.1, 0.15) is 0 Å². The Hall–Kier alpha value is -2.49. The zero-order valence-electron chi connectivity index (χ0n) is 11.7. The maximum absolute atomic E-state index is 10.6. The predicted molar refractivity (Wildman–Crippen MR) is 83.5 cm³/mol. The van der Waals surface area contributed by atoms with E-state index in [0.717, 1.165) is 30.5 Å². The van der Waals surface area contributed by atoms with Crippen LogP contribution in [0.15, 0.2) is 42.7 Å². The smallest absolute Gasteiger partial charge is 0.211 e. The Morgan fingerprint density at radius 1 is 1.29 bits per heavy atom. The minimum Gasteiger partial charge on any atom is -0.356 e. The lowest BCUT2D eigenvalue weighted by Crippen LogP contribution is -2.15. The molecule has 1 amide bonds. The van der Waals surface area contributed by atoms with E-state index in [1.54, 1.807) is 0 Å². The van der Waals surface area contributed by atoms with Crippen molar-refractivity contribution in [1.82, 2.24) is 9.55 Å². The number of nitrogens with one attached hydrogen (secondary N) is 2. The molecule has 0 bridgehead atoms. The molecule has 1 aliphatic rings. The van der Waals surface area contributed by atoms with Gasteiger partial charge in [-0.3, -0.25) is 4.79 Å². The number of rotatable bonds is 3. The molecule has 106 valence electrons. The monoisotopic (exact) mass is 279 g/mol. The van der Waals surface area contributed by atoms with E-state index in [-0.39, 0.29) is 0 Å². The number of H-pyrrole nitrogens is 1. The number of carbonyl (C=O) groups is 1. The number of amides is 1. The third-order valence-corrected chi connectivity index (χ3v) is 4.39. The fourth-order valence-corrected chi connectivity index (χ4v) is 3.45. The minimum absolute atomic E-state index is 0.388. The van der Waals surface area contributed by atoms with Crippen molar-refractivity contribution in [3.8, 4) is 0 Å². The highest BCUT2D eigenvalue weighted by atomic mass is 16.1. The molecule has 4 rings (SSSR count). The molecule has 1 unspecified atom stereocenters. The van der Waals surface area contributed by atoms with Crippen LogP contribution in [0.5, 0.6) is 0 Å². The summed E-state index contributed by atoms with van der Waals surface area (Å²) in [6.07, 6.45) is 8.43. The number of aromatic amines is 1. The van der Waals surface area contributed by atoms with E-state index in [4.69, 9.17) is 0 Å². The second-order valence-corrected chi connectivity index (χ2v) is 5.58. The van der Waals surface area contributed by atoms with E-state index in [1.165, 1.54) is 23.1 Å². The molecule has 2 N–H and O–H groups in total. The van der Waals surface area contributed by atoms with Crippen molar-refractivity contribution in [3.05, 3.63) is 54.0 Å². The average Bonchev–Trinajstić information content (AvgIpc) is 3.14. The summed E-state index contributed by atoms with van der Waals surface area (Å²) < 4.78 is 2.28. The van der Waals surface area contributed by atoms with E-state index >= 15 is 0 Å². The Bertz CT molecular complexity index is 786. The Balaban J connectivity index is 1.86. The third-order valence-electron chi connectivity index (χ3n) is 4.39. The molecular formula is C17H17N3O. The number of hydrogen-bond acceptors (Lipinski definition) is 1. The van der Waals surface area contributed by atoms with Crippen LogP contribution in [0.4, 0.5) is 5.69 Å². The number of benzene rings is 1. The fourth-order valence-electron chi connectivity index (χ4n) is 3.45. The van der Waals surface area contributed by atoms with Crippen LogP contribution in [0.3, 0.4) is 0 Å². The molecule has 1 aliphatic carbocycles. The zero-order valence-corrected chi connectivity index (χ0v) is 11.7. The van der Waals surface area contributed by atoms with Crippen LogP contribution in [0.1, 0.15) is 30.1 Å². The minimum atomic E-state index is 0.388. The summed E-state index contributed by atoms with van der Waals surface area (Å²) in [7, 11) is 0. The molecule has 0 spiro atoms. The molecule has 0 saturated carbocycles. The third kappa shape index (κ3) is 1.95. The Morgan fingerprint density at radius 2 is 2.14 bits per heavy atom. The van der Waals surface area contributed by atoms with Gasteiger partial charge in [-0.15, -0.1) is 0 Å². The topological polar surface area (TPSA) is 49.8 Å². The van der Waals surface area contributed by atoms with Gasteiger partial charge in [0.25, 0.3) is 0 Å². The van der Waals surface area contributed by atoms with Crippen LogP contribution < -0.4 is 5.32 Å². The van der Waals surface area contributed by atoms with Crippen LogP contribution in [-0.2, 0) is 11.2 Å². The van der Waals surface area contributed by atoms with Crippen LogP contribution in [-0.4, -0.2) is 16.0 Å². The van der Waals surface area contributed by atoms with E-state index < -0.39 is 0 Å². The summed E-state index contributed by atoms with van der Waals surface area (Å²) in [5, 5.41) is 3.97. The van der Waals surface area contributed by atoms with Gasteiger partial charge in [0, 0.05) is 34.7 Å². The zero-order chi connectivity index (χ0) is 14.2. The first-order valence-electron chi connectivity index (χ1n) is 7.34. The average molecular weight is 279 g/mol. The van der Waals surface area contributed by atoms with Crippen LogP contribution in [0.2, 0.25) is 0 Å². The van der Waals surface area contributed by atoms with Crippen LogP contribution in [0, 0.1) is 0 Å². The van der Waals surface area contributed by atoms with E-state index in [9.17, 15) is 4.79 Å². The number of hydrogen-bond donors (Lipinski definition) is 2. The predicted octanol–water partition coefficient (Wildman–Crippen LogP) is 3.46. The molecular weight excluding hydrogens is 262 g/mol. The van der Waals surface area contributed by atoms with Crippen molar-refractivity contribution in [2.45, 2.75) is 25.3 Å². The van der Waals surface area contributed by atoms with Crippen molar-refractivity contribution >= 4 is 23.0 Å². The number of carbonyl (C=O) groups excluding carboxylic acids is 1. The van der Waals surface area contributed by atoms with Crippen LogP contribution >= 0.6 is 0 Å². The highest BCUT2D eigenvalue weighted by Crippen LogP contribution is 2.37. The van der Waals surface area contributed by atoms with Crippen molar-refractivity contribution < 1.29 is 4.79 Å². The highest BCUT2D eigenvalue weighted by molar-refractivity contribution is 5.90. The molecule has 2 aromatic heterocycles. The molecule has 4 heteroatoms. The number of aryl methyl sites for hydroxylation is 1. The van der Waals surface area contributed by atoms with Gasteiger partial charge in [-0.05, 0) is 55.2 Å². The summed E-state index contributed by atoms with van der Waals surface area (Å²) in [6.45, 7) is 0. The molecule has 1 aromatic carbocycles. The standard InChI is InChI=1S/C17H17N3O/c21-11-18-12-6-7-15-14(10-12)13-4-3-5-16(17(13)19-15)20-8-1-2-9-20/h1-2,6-11,16,19H,3-5H2,(H,18,21). The lowest BCUT2D eigenvalue weighted by Gasteiger charge is -2.24. The summed E-state index contributed by atoms with van der Waals surface area (Å²) in [6, 6.07) is 10.6. The van der Waals surface area contributed by atoms with Gasteiger partial charge < -0.3 is 14.9 Å². The first-order valence-corrected chi connectivity index (χ1v) is 7.34. The van der Waals surface area contributed by atoms with Crippen LogP contribution in [0.25, 0.3) is 10.9 Å². The van der Waals surface area contributed by atoms with Gasteiger partial charge in [0.05, 0.1) is 6.04 Å². The maximum atomic E-state index is 10.6. The van der Waals surface area contributed by atoms with Crippen molar-refractivity contribution in [3.63, 3.8) is 0 Å². The van der Waals surface area contributed by atoms with Gasteiger partial charge in [0.15, 0.2) is 0 Å². The second-order valence-electron chi connectivity index (χ2n) is 5.58. The molecule has 0 saturated heterocycles. The second kappa shape index (κ2) is 4.81. The van der Waals surface area contributed by atoms with E-state index in [1.807, 2.05) is 12.1 Å². The van der Waals surface area contributed by atoms with Crippen molar-refractivity contribution in [2.75, 3.05) is 5.32 Å². The summed E-state index contributed by atoms with van der Waals surface area (Å²) in [5.74, 6) is 0. The summed E-state index contributed by atoms with van der Waals surface area (Å²) in [5.41, 5.74) is 4.71. The van der Waals surface area contributed by atoms with Gasteiger partial charge in [-0.25, -0.2) is 0 Å². The first kappa shape index (κ1) is 12.3. The summed E-state index contributed by atoms with van der Waals surface area (Å²) in [4.78, 5) is 14.2. The molecule has 4 nitrogen and oxygen atoms in total. The van der Waals surface area contributed by atoms with E-state index in [0.29, 0.717) is 6.04 Å². The SMILES string of the molecule is O=CNc1ccc2[nH]c3c(c2c1)CCCC3n1cccc1. The maximum Gasteiger partial charge on any atom is 0.211 e. The number of nitrogens with zero attached hydrogens (tertiary/aromatic N) is 1. The quantitative estimate of drug-likeness (QED) is 0.709. The van der Waals surface area contributed by atoms with E-state index in [2.05, 4.69) is 45.5 Å². The largest absolute Gasteiger partial charge is 0.356 e. The first-order chi connectivity index (χ1) is 10.4. The Labute approximate surface area is 122 Å². The number of aromatic nitrogens is 2. The van der Waals surface area contributed by atoms with Gasteiger partial charge in [-0.2, -0.15) is 0 Å².